The summed E-state index contributed by atoms with van der Waals surface area (Å²) in [4.78, 5) is 0. The van der Waals surface area contributed by atoms with Gasteiger partial charge in [-0.25, -0.2) is 8.78 Å². The monoisotopic (exact) mass is 231 g/mol. The Kier molecular flexibility index (Phi) is 4.64. The smallest absolute Gasteiger partial charge is 0.134 e. The van der Waals surface area contributed by atoms with E-state index in [1.807, 2.05) is 0 Å². The first-order valence-corrected chi connectivity index (χ1v) is 4.96. The minimum Gasteiger partial charge on any atom is -0.507 e. The number of aromatic hydroxyl groups is 1. The molecule has 0 heterocycles. The summed E-state index contributed by atoms with van der Waals surface area (Å²) in [6.45, 7) is 2.69. The third-order valence-corrected chi connectivity index (χ3v) is 2.26. The highest BCUT2D eigenvalue weighted by atomic mass is 19.1. The molecular weight excluding hydrogens is 216 g/mol. The van der Waals surface area contributed by atoms with E-state index in [2.05, 4.69) is 5.32 Å². The fourth-order valence-corrected chi connectivity index (χ4v) is 1.48. The maximum atomic E-state index is 13.4. The summed E-state index contributed by atoms with van der Waals surface area (Å²) >= 11 is 0. The van der Waals surface area contributed by atoms with Crippen LogP contribution < -0.4 is 5.32 Å². The fourth-order valence-electron chi connectivity index (χ4n) is 1.48. The highest BCUT2D eigenvalue weighted by Gasteiger charge is 2.16. The Morgan fingerprint density at radius 3 is 2.69 bits per heavy atom. The van der Waals surface area contributed by atoms with Crippen LogP contribution in [0.5, 0.6) is 5.75 Å². The van der Waals surface area contributed by atoms with Crippen molar-refractivity contribution in [1.82, 2.24) is 5.32 Å². The van der Waals surface area contributed by atoms with Gasteiger partial charge in [-0.3, -0.25) is 0 Å². The third kappa shape index (κ3) is 3.15. The van der Waals surface area contributed by atoms with Crippen LogP contribution in [0, 0.1) is 11.6 Å². The first-order valence-electron chi connectivity index (χ1n) is 4.96. The van der Waals surface area contributed by atoms with E-state index in [9.17, 15) is 13.9 Å². The van der Waals surface area contributed by atoms with Crippen LogP contribution in [0.4, 0.5) is 8.78 Å². The zero-order valence-electron chi connectivity index (χ0n) is 9.26. The van der Waals surface area contributed by atoms with Gasteiger partial charge in [0.25, 0.3) is 0 Å². The summed E-state index contributed by atoms with van der Waals surface area (Å²) in [5.74, 6) is -1.92. The van der Waals surface area contributed by atoms with Crippen molar-refractivity contribution in [1.29, 1.82) is 0 Å². The summed E-state index contributed by atoms with van der Waals surface area (Å²) in [6, 6.07) is 1.24. The number of phenols is 1. The number of hydrogen-bond acceptors (Lipinski definition) is 3. The number of nitrogens with one attached hydrogen (secondary N) is 1. The van der Waals surface area contributed by atoms with Crippen LogP contribution in [-0.2, 0) is 4.74 Å². The Balaban J connectivity index is 2.78. The average Bonchev–Trinajstić information content (AvgIpc) is 2.16. The second kappa shape index (κ2) is 5.77. The molecule has 1 aromatic carbocycles. The normalized spacial score (nSPS) is 12.8. The van der Waals surface area contributed by atoms with Crippen molar-refractivity contribution in [3.63, 3.8) is 0 Å². The maximum absolute atomic E-state index is 13.4. The van der Waals surface area contributed by atoms with Gasteiger partial charge in [0.2, 0.25) is 0 Å². The van der Waals surface area contributed by atoms with E-state index < -0.39 is 17.7 Å². The standard InChI is InChI=1S/C11H15F2NO2/c1-7(14-3-4-16-2)11-9(13)5-8(12)6-10(11)15/h5-7,14-15H,3-4H2,1-2H3. The van der Waals surface area contributed by atoms with Gasteiger partial charge in [0.15, 0.2) is 0 Å². The number of methoxy groups -OCH3 is 1. The Hall–Kier alpha value is -1.20. The summed E-state index contributed by atoms with van der Waals surface area (Å²) in [5, 5.41) is 12.4. The molecule has 0 aliphatic carbocycles. The van der Waals surface area contributed by atoms with Gasteiger partial charge in [0, 0.05) is 37.4 Å². The highest BCUT2D eigenvalue weighted by Crippen LogP contribution is 2.27. The van der Waals surface area contributed by atoms with Crippen molar-refractivity contribution in [2.45, 2.75) is 13.0 Å². The number of rotatable bonds is 5. The Bertz CT molecular complexity index is 335. The number of halogens is 2. The zero-order chi connectivity index (χ0) is 12.1. The topological polar surface area (TPSA) is 41.5 Å². The van der Waals surface area contributed by atoms with E-state index in [0.717, 1.165) is 12.1 Å². The van der Waals surface area contributed by atoms with E-state index in [-0.39, 0.29) is 11.3 Å². The molecule has 5 heteroatoms. The summed E-state index contributed by atoms with van der Waals surface area (Å²) in [5.41, 5.74) is 0.0671. The summed E-state index contributed by atoms with van der Waals surface area (Å²) < 4.78 is 31.0. The molecule has 90 valence electrons. The van der Waals surface area contributed by atoms with Crippen LogP contribution in [0.25, 0.3) is 0 Å². The third-order valence-electron chi connectivity index (χ3n) is 2.26. The lowest BCUT2D eigenvalue weighted by Crippen LogP contribution is -2.23. The van der Waals surface area contributed by atoms with Crippen LogP contribution in [0.2, 0.25) is 0 Å². The molecule has 0 aliphatic heterocycles. The van der Waals surface area contributed by atoms with Crippen LogP contribution in [0.3, 0.4) is 0 Å². The predicted octanol–water partition coefficient (Wildman–Crippen LogP) is 1.97. The van der Waals surface area contributed by atoms with E-state index in [4.69, 9.17) is 4.74 Å². The van der Waals surface area contributed by atoms with Crippen molar-refractivity contribution in [2.24, 2.45) is 0 Å². The SMILES string of the molecule is COCCNC(C)c1c(O)cc(F)cc1F. The van der Waals surface area contributed by atoms with Crippen LogP contribution in [-0.4, -0.2) is 25.4 Å². The first-order chi connectivity index (χ1) is 7.56. The molecule has 1 rings (SSSR count). The Morgan fingerprint density at radius 1 is 1.44 bits per heavy atom. The number of ether oxygens (including phenoxy) is 1. The Labute approximate surface area is 93.0 Å². The lowest BCUT2D eigenvalue weighted by atomic mass is 10.1. The summed E-state index contributed by atoms with van der Waals surface area (Å²) in [6.07, 6.45) is 0. The lowest BCUT2D eigenvalue weighted by Gasteiger charge is -2.16. The van der Waals surface area contributed by atoms with E-state index in [1.54, 1.807) is 14.0 Å². The molecule has 0 fully saturated rings. The van der Waals surface area contributed by atoms with Crippen LogP contribution in [0.1, 0.15) is 18.5 Å². The second-order valence-corrected chi connectivity index (χ2v) is 3.49. The largest absolute Gasteiger partial charge is 0.507 e. The molecule has 16 heavy (non-hydrogen) atoms. The number of hydrogen-bond donors (Lipinski definition) is 2. The number of benzene rings is 1. The fraction of sp³-hybridized carbons (Fsp3) is 0.455. The van der Waals surface area contributed by atoms with Crippen LogP contribution in [0.15, 0.2) is 12.1 Å². The minimum absolute atomic E-state index is 0.0671. The molecule has 0 saturated heterocycles. The minimum atomic E-state index is -0.789. The number of phenolic OH excluding ortho intramolecular Hbond substituents is 1. The molecular formula is C11H15F2NO2. The zero-order valence-corrected chi connectivity index (χ0v) is 9.26. The van der Waals surface area contributed by atoms with Gasteiger partial charge in [-0.15, -0.1) is 0 Å². The molecule has 0 amide bonds. The molecule has 1 atom stereocenters. The molecule has 0 aliphatic rings. The second-order valence-electron chi connectivity index (χ2n) is 3.49. The van der Waals surface area contributed by atoms with Crippen LogP contribution >= 0.6 is 0 Å². The molecule has 0 bridgehead atoms. The van der Waals surface area contributed by atoms with Crippen molar-refractivity contribution in [3.05, 3.63) is 29.3 Å². The molecule has 1 unspecified atom stereocenters. The molecule has 1 aromatic rings. The molecule has 2 N–H and O–H groups in total. The molecule has 0 saturated carbocycles. The van der Waals surface area contributed by atoms with Crippen molar-refractivity contribution >= 4 is 0 Å². The van der Waals surface area contributed by atoms with E-state index in [1.165, 1.54) is 0 Å². The first kappa shape index (κ1) is 12.9. The van der Waals surface area contributed by atoms with Crippen molar-refractivity contribution in [2.75, 3.05) is 20.3 Å². The lowest BCUT2D eigenvalue weighted by molar-refractivity contribution is 0.196. The average molecular weight is 231 g/mol. The van der Waals surface area contributed by atoms with Gasteiger partial charge in [-0.2, -0.15) is 0 Å². The quantitative estimate of drug-likeness (QED) is 0.761. The molecule has 0 radical (unpaired) electrons. The molecule has 0 aromatic heterocycles. The Morgan fingerprint density at radius 2 is 2.12 bits per heavy atom. The van der Waals surface area contributed by atoms with Crippen molar-refractivity contribution < 1.29 is 18.6 Å². The van der Waals surface area contributed by atoms with Crippen molar-refractivity contribution in [3.8, 4) is 5.75 Å². The van der Waals surface area contributed by atoms with Gasteiger partial charge in [-0.1, -0.05) is 0 Å². The van der Waals surface area contributed by atoms with Gasteiger partial charge < -0.3 is 15.2 Å². The van der Waals surface area contributed by atoms with Gasteiger partial charge >= 0.3 is 0 Å². The summed E-state index contributed by atoms with van der Waals surface area (Å²) in [7, 11) is 1.56. The van der Waals surface area contributed by atoms with Gasteiger partial charge in [0.1, 0.15) is 17.4 Å². The van der Waals surface area contributed by atoms with Gasteiger partial charge in [0.05, 0.1) is 6.61 Å². The molecule has 3 nitrogen and oxygen atoms in total. The van der Waals surface area contributed by atoms with E-state index in [0.29, 0.717) is 13.2 Å². The van der Waals surface area contributed by atoms with Gasteiger partial charge in [-0.05, 0) is 6.92 Å². The highest BCUT2D eigenvalue weighted by molar-refractivity contribution is 5.36. The predicted molar refractivity (Wildman–Crippen MR) is 56.3 cm³/mol. The van der Waals surface area contributed by atoms with E-state index >= 15 is 0 Å². The molecule has 0 spiro atoms. The maximum Gasteiger partial charge on any atom is 0.134 e.